The molecule has 0 atom stereocenters. The molecule has 4 heterocycles. The van der Waals surface area contributed by atoms with Gasteiger partial charge in [0.15, 0.2) is 5.82 Å². The molecule has 3 aromatic heterocycles. The van der Waals surface area contributed by atoms with Crippen LogP contribution in [0.5, 0.6) is 0 Å². The van der Waals surface area contributed by atoms with E-state index in [9.17, 15) is 4.79 Å². The van der Waals surface area contributed by atoms with Gasteiger partial charge in [-0.1, -0.05) is 36.4 Å². The van der Waals surface area contributed by atoms with E-state index in [0.29, 0.717) is 30.4 Å². The molecular weight excluding hydrogens is 438 g/mol. The summed E-state index contributed by atoms with van der Waals surface area (Å²) in [6, 6.07) is 17.1. The van der Waals surface area contributed by atoms with Crippen LogP contribution in [0.1, 0.15) is 4.88 Å². The number of thiophene rings is 1. The van der Waals surface area contributed by atoms with Gasteiger partial charge in [0, 0.05) is 23.5 Å². The van der Waals surface area contributed by atoms with Gasteiger partial charge in [-0.2, -0.15) is 4.68 Å². The number of aromatic nitrogens is 5. The van der Waals surface area contributed by atoms with Crippen molar-refractivity contribution in [2.75, 3.05) is 36.5 Å². The summed E-state index contributed by atoms with van der Waals surface area (Å²) in [5, 5.41) is 17.0. The predicted molar refractivity (Wildman–Crippen MR) is 128 cm³/mol. The monoisotopic (exact) mass is 459 g/mol. The average molecular weight is 460 g/mol. The van der Waals surface area contributed by atoms with Crippen LogP contribution < -0.4 is 10.2 Å². The summed E-state index contributed by atoms with van der Waals surface area (Å²) in [6.07, 6.45) is 3.43. The van der Waals surface area contributed by atoms with Crippen molar-refractivity contribution in [1.82, 2.24) is 25.2 Å². The molecule has 1 fully saturated rings. The molecule has 4 aromatic rings. The largest absolute Gasteiger partial charge is 0.378 e. The number of benzene rings is 1. The lowest BCUT2D eigenvalue weighted by molar-refractivity contribution is -0.111. The minimum absolute atomic E-state index is 0.304. The number of hydrogen-bond acceptors (Lipinski definition) is 8. The zero-order valence-electron chi connectivity index (χ0n) is 17.7. The molecule has 1 aliphatic rings. The molecule has 0 aliphatic carbocycles. The zero-order chi connectivity index (χ0) is 22.5. The fraction of sp³-hybridized carbons (Fsp3) is 0.174. The fourth-order valence-electron chi connectivity index (χ4n) is 3.48. The van der Waals surface area contributed by atoms with Gasteiger partial charge in [-0.05, 0) is 40.1 Å². The van der Waals surface area contributed by atoms with Gasteiger partial charge < -0.3 is 15.0 Å². The second-order valence-corrected chi connectivity index (χ2v) is 8.26. The fourth-order valence-corrected chi connectivity index (χ4v) is 4.13. The highest BCUT2D eigenvalue weighted by Crippen LogP contribution is 2.23. The standard InChI is InChI=1S/C23H21N7O2S/c31-23(25-18-8-9-21(24-16-18)29-10-12-32-13-11-29)20(15-19-7-4-14-33-19)30-22(26-27-28-30)17-5-2-1-3-6-17/h1-9,14-16H,10-13H2,(H,25,31)/b20-15-. The van der Waals surface area contributed by atoms with Gasteiger partial charge in [-0.25, -0.2) is 4.98 Å². The van der Waals surface area contributed by atoms with E-state index in [4.69, 9.17) is 4.74 Å². The van der Waals surface area contributed by atoms with E-state index in [1.165, 1.54) is 16.0 Å². The number of carbonyl (C=O) groups is 1. The summed E-state index contributed by atoms with van der Waals surface area (Å²) in [6.45, 7) is 2.97. The average Bonchev–Trinajstić information content (AvgIpc) is 3.56. The molecule has 1 amide bonds. The molecule has 0 unspecified atom stereocenters. The van der Waals surface area contributed by atoms with E-state index in [2.05, 4.69) is 30.7 Å². The Morgan fingerprint density at radius 2 is 1.91 bits per heavy atom. The van der Waals surface area contributed by atoms with Crippen molar-refractivity contribution >= 4 is 40.5 Å². The lowest BCUT2D eigenvalue weighted by atomic mass is 10.2. The van der Waals surface area contributed by atoms with Crippen molar-refractivity contribution in [2.24, 2.45) is 0 Å². The Morgan fingerprint density at radius 3 is 2.64 bits per heavy atom. The number of amides is 1. The van der Waals surface area contributed by atoms with E-state index >= 15 is 0 Å². The van der Waals surface area contributed by atoms with E-state index in [0.717, 1.165) is 29.3 Å². The first-order valence-electron chi connectivity index (χ1n) is 10.5. The summed E-state index contributed by atoms with van der Waals surface area (Å²) in [5.74, 6) is 1.00. The molecule has 166 valence electrons. The van der Waals surface area contributed by atoms with Gasteiger partial charge in [-0.15, -0.1) is 16.4 Å². The van der Waals surface area contributed by atoms with Gasteiger partial charge in [0.25, 0.3) is 5.91 Å². The number of nitrogens with one attached hydrogen (secondary N) is 1. The van der Waals surface area contributed by atoms with Gasteiger partial charge in [0.2, 0.25) is 0 Å². The van der Waals surface area contributed by atoms with Crippen LogP contribution in [0.4, 0.5) is 11.5 Å². The van der Waals surface area contributed by atoms with Crippen LogP contribution in [0.3, 0.4) is 0 Å². The summed E-state index contributed by atoms with van der Waals surface area (Å²) in [4.78, 5) is 20.9. The Hall–Kier alpha value is -3.89. The highest BCUT2D eigenvalue weighted by atomic mass is 32.1. The summed E-state index contributed by atoms with van der Waals surface area (Å²) in [5.41, 5.74) is 1.70. The van der Waals surface area contributed by atoms with Gasteiger partial charge >= 0.3 is 0 Å². The summed E-state index contributed by atoms with van der Waals surface area (Å²) < 4.78 is 6.85. The minimum atomic E-state index is -0.339. The molecule has 9 nitrogen and oxygen atoms in total. The predicted octanol–water partition coefficient (Wildman–Crippen LogP) is 3.27. The first-order chi connectivity index (χ1) is 16.3. The topological polar surface area (TPSA) is 98.1 Å². The number of pyridine rings is 1. The number of ether oxygens (including phenoxy) is 1. The first kappa shape index (κ1) is 21.0. The zero-order valence-corrected chi connectivity index (χ0v) is 18.5. The molecular formula is C23H21N7O2S. The molecule has 1 saturated heterocycles. The molecule has 0 saturated carbocycles. The van der Waals surface area contributed by atoms with Gasteiger partial charge in [0.1, 0.15) is 11.5 Å². The minimum Gasteiger partial charge on any atom is -0.378 e. The molecule has 1 N–H and O–H groups in total. The van der Waals surface area contributed by atoms with Crippen LogP contribution in [0.25, 0.3) is 23.2 Å². The maximum atomic E-state index is 13.4. The van der Waals surface area contributed by atoms with Crippen LogP contribution in [-0.2, 0) is 9.53 Å². The van der Waals surface area contributed by atoms with Crippen LogP contribution in [0, 0.1) is 0 Å². The normalized spacial score (nSPS) is 14.3. The van der Waals surface area contributed by atoms with Crippen molar-refractivity contribution in [1.29, 1.82) is 0 Å². The maximum absolute atomic E-state index is 13.4. The number of carbonyl (C=O) groups excluding carboxylic acids is 1. The molecule has 0 spiro atoms. The SMILES string of the molecule is O=C(Nc1ccc(N2CCOCC2)nc1)/C(=C/c1cccs1)n1nnnc1-c1ccccc1. The first-order valence-corrected chi connectivity index (χ1v) is 11.4. The molecule has 1 aromatic carbocycles. The van der Waals surface area contributed by atoms with E-state index in [-0.39, 0.29) is 5.91 Å². The van der Waals surface area contributed by atoms with Crippen LogP contribution in [0.15, 0.2) is 66.2 Å². The van der Waals surface area contributed by atoms with Crippen LogP contribution >= 0.6 is 11.3 Å². The number of morpholine rings is 1. The highest BCUT2D eigenvalue weighted by molar-refractivity contribution is 7.10. The summed E-state index contributed by atoms with van der Waals surface area (Å²) in [7, 11) is 0. The third-order valence-electron chi connectivity index (χ3n) is 5.13. The Bertz CT molecular complexity index is 1230. The third-order valence-corrected chi connectivity index (χ3v) is 5.94. The smallest absolute Gasteiger partial charge is 0.274 e. The van der Waals surface area contributed by atoms with Crippen molar-refractivity contribution in [2.45, 2.75) is 0 Å². The second kappa shape index (κ2) is 9.72. The number of rotatable bonds is 6. The maximum Gasteiger partial charge on any atom is 0.274 e. The van der Waals surface area contributed by atoms with Crippen LogP contribution in [-0.4, -0.2) is 57.4 Å². The molecule has 33 heavy (non-hydrogen) atoms. The van der Waals surface area contributed by atoms with Crippen molar-refractivity contribution < 1.29 is 9.53 Å². The van der Waals surface area contributed by atoms with E-state index in [1.807, 2.05) is 60.0 Å². The van der Waals surface area contributed by atoms with Gasteiger partial charge in [-0.3, -0.25) is 4.79 Å². The highest BCUT2D eigenvalue weighted by Gasteiger charge is 2.20. The Kier molecular flexibility index (Phi) is 6.18. The number of tetrazole rings is 1. The molecule has 1 aliphatic heterocycles. The Balaban J connectivity index is 1.42. The third kappa shape index (κ3) is 4.81. The molecule has 0 radical (unpaired) electrons. The Labute approximate surface area is 194 Å². The number of hydrogen-bond donors (Lipinski definition) is 1. The lowest BCUT2D eigenvalue weighted by Gasteiger charge is -2.27. The van der Waals surface area contributed by atoms with Crippen molar-refractivity contribution in [3.63, 3.8) is 0 Å². The molecule has 0 bridgehead atoms. The summed E-state index contributed by atoms with van der Waals surface area (Å²) >= 11 is 1.53. The van der Waals surface area contributed by atoms with Crippen molar-refractivity contribution in [3.8, 4) is 11.4 Å². The lowest BCUT2D eigenvalue weighted by Crippen LogP contribution is -2.36. The molecule has 10 heteroatoms. The van der Waals surface area contributed by atoms with Crippen molar-refractivity contribution in [3.05, 3.63) is 71.1 Å². The van der Waals surface area contributed by atoms with Gasteiger partial charge in [0.05, 0.1) is 25.1 Å². The second-order valence-electron chi connectivity index (χ2n) is 7.28. The number of nitrogens with zero attached hydrogens (tertiary/aromatic N) is 6. The molecule has 5 rings (SSSR count). The van der Waals surface area contributed by atoms with Crippen LogP contribution in [0.2, 0.25) is 0 Å². The quantitative estimate of drug-likeness (QED) is 0.442. The van der Waals surface area contributed by atoms with E-state index in [1.54, 1.807) is 12.3 Å². The Morgan fingerprint density at radius 1 is 1.06 bits per heavy atom. The van der Waals surface area contributed by atoms with E-state index < -0.39 is 0 Å². The number of anilines is 2.